The Labute approximate surface area is 125 Å². The molecule has 1 aromatic heterocycles. The van der Waals surface area contributed by atoms with E-state index < -0.39 is 5.97 Å². The minimum atomic E-state index is -0.976. The lowest BCUT2D eigenvalue weighted by Crippen LogP contribution is -1.99. The van der Waals surface area contributed by atoms with E-state index in [0.717, 1.165) is 11.0 Å². The molecule has 5 nitrogen and oxygen atoms in total. The minimum Gasteiger partial charge on any atom is -0.497 e. The quantitative estimate of drug-likeness (QED) is 0.772. The van der Waals surface area contributed by atoms with Crippen molar-refractivity contribution in [2.24, 2.45) is 0 Å². The molecule has 106 valence electrons. The van der Waals surface area contributed by atoms with Crippen LogP contribution in [0.15, 0.2) is 52.5 Å². The molecule has 21 heavy (non-hydrogen) atoms. The number of nitrogens with one attached hydrogen (secondary N) is 1. The van der Waals surface area contributed by atoms with Gasteiger partial charge < -0.3 is 14.8 Å². The maximum absolute atomic E-state index is 11.3. The van der Waals surface area contributed by atoms with Crippen molar-refractivity contribution in [3.63, 3.8) is 0 Å². The molecule has 0 unspecified atom stereocenters. The highest BCUT2D eigenvalue weighted by Crippen LogP contribution is 2.32. The highest BCUT2D eigenvalue weighted by Gasteiger charge is 2.14. The van der Waals surface area contributed by atoms with Crippen LogP contribution in [0.4, 0.5) is 0 Å². The molecule has 6 heteroatoms. The van der Waals surface area contributed by atoms with Gasteiger partial charge in [-0.15, -0.1) is 0 Å². The van der Waals surface area contributed by atoms with E-state index >= 15 is 0 Å². The van der Waals surface area contributed by atoms with Gasteiger partial charge in [-0.2, -0.15) is 0 Å². The summed E-state index contributed by atoms with van der Waals surface area (Å²) in [5, 5.41) is 9.91. The first-order chi connectivity index (χ1) is 10.2. The Morgan fingerprint density at radius 1 is 1.29 bits per heavy atom. The molecular formula is C15H12N2O3S. The number of fused-ring (bicyclic) bond motifs is 1. The Morgan fingerprint density at radius 3 is 2.81 bits per heavy atom. The van der Waals surface area contributed by atoms with Crippen LogP contribution in [-0.4, -0.2) is 28.2 Å². The van der Waals surface area contributed by atoms with Crippen LogP contribution in [0, 0.1) is 0 Å². The first-order valence-corrected chi connectivity index (χ1v) is 7.03. The van der Waals surface area contributed by atoms with Crippen LogP contribution in [0.3, 0.4) is 0 Å². The third-order valence-corrected chi connectivity index (χ3v) is 3.94. The summed E-state index contributed by atoms with van der Waals surface area (Å²) in [6.07, 6.45) is 0. The molecule has 0 radical (unpaired) electrons. The summed E-state index contributed by atoms with van der Waals surface area (Å²) < 4.78 is 5.15. The van der Waals surface area contributed by atoms with Gasteiger partial charge in [-0.1, -0.05) is 23.9 Å². The molecule has 0 saturated carbocycles. The van der Waals surface area contributed by atoms with Crippen molar-refractivity contribution >= 4 is 28.8 Å². The van der Waals surface area contributed by atoms with Crippen molar-refractivity contribution in [3.05, 3.63) is 48.0 Å². The van der Waals surface area contributed by atoms with Crippen molar-refractivity contribution in [2.75, 3.05) is 7.11 Å². The topological polar surface area (TPSA) is 75.2 Å². The van der Waals surface area contributed by atoms with Crippen molar-refractivity contribution in [2.45, 2.75) is 10.1 Å². The molecule has 0 aliphatic heterocycles. The predicted octanol–water partition coefficient (Wildman–Crippen LogP) is 3.42. The molecule has 1 heterocycles. The molecule has 0 aliphatic rings. The van der Waals surface area contributed by atoms with E-state index in [-0.39, 0.29) is 5.56 Å². The number of nitrogens with zero attached hydrogens (tertiary/aromatic N) is 1. The van der Waals surface area contributed by atoms with E-state index in [1.54, 1.807) is 19.2 Å². The summed E-state index contributed by atoms with van der Waals surface area (Å²) in [6.45, 7) is 0. The van der Waals surface area contributed by atoms with Crippen molar-refractivity contribution in [3.8, 4) is 5.75 Å². The fraction of sp³-hybridized carbons (Fsp3) is 0.0667. The summed E-state index contributed by atoms with van der Waals surface area (Å²) in [5.41, 5.74) is 1.99. The second-order valence-corrected chi connectivity index (χ2v) is 5.36. The Balaban J connectivity index is 2.01. The highest BCUT2D eigenvalue weighted by molar-refractivity contribution is 7.99. The molecule has 3 rings (SSSR count). The summed E-state index contributed by atoms with van der Waals surface area (Å²) in [6, 6.07) is 12.5. The number of H-pyrrole nitrogens is 1. The number of ether oxygens (including phenoxy) is 1. The van der Waals surface area contributed by atoms with Gasteiger partial charge >= 0.3 is 5.97 Å². The number of imidazole rings is 1. The number of hydrogen-bond acceptors (Lipinski definition) is 4. The zero-order valence-electron chi connectivity index (χ0n) is 11.2. The van der Waals surface area contributed by atoms with E-state index in [9.17, 15) is 9.90 Å². The number of para-hydroxylation sites is 2. The number of aromatic nitrogens is 2. The second-order valence-electron chi connectivity index (χ2n) is 4.33. The molecule has 0 amide bonds. The van der Waals surface area contributed by atoms with E-state index in [0.29, 0.717) is 15.8 Å². The summed E-state index contributed by atoms with van der Waals surface area (Å²) in [4.78, 5) is 19.5. The van der Waals surface area contributed by atoms with E-state index in [4.69, 9.17) is 4.74 Å². The third kappa shape index (κ3) is 2.71. The monoisotopic (exact) mass is 300 g/mol. The number of carbonyl (C=O) groups is 1. The fourth-order valence-electron chi connectivity index (χ4n) is 1.97. The second kappa shape index (κ2) is 5.49. The molecule has 0 spiro atoms. The smallest absolute Gasteiger partial charge is 0.336 e. The van der Waals surface area contributed by atoms with E-state index in [2.05, 4.69) is 9.97 Å². The highest BCUT2D eigenvalue weighted by atomic mass is 32.2. The standard InChI is InChI=1S/C15H12N2O3S/c1-20-9-6-7-10(14(18)19)13(8-9)21-15-16-11-4-2-3-5-12(11)17-15/h2-8H,1H3,(H,16,17)(H,18,19). The van der Waals surface area contributed by atoms with E-state index in [1.807, 2.05) is 24.3 Å². The Morgan fingerprint density at radius 2 is 2.10 bits per heavy atom. The zero-order chi connectivity index (χ0) is 14.8. The SMILES string of the molecule is COc1ccc(C(=O)O)c(Sc2nc3ccccc3[nH]2)c1. The molecule has 0 saturated heterocycles. The number of carboxylic acids is 1. The average Bonchev–Trinajstić information content (AvgIpc) is 2.89. The van der Waals surface area contributed by atoms with E-state index in [1.165, 1.54) is 17.8 Å². The van der Waals surface area contributed by atoms with Crippen molar-refractivity contribution in [1.82, 2.24) is 9.97 Å². The number of aromatic amines is 1. The Hall–Kier alpha value is -2.47. The van der Waals surface area contributed by atoms with Gasteiger partial charge in [0.15, 0.2) is 5.16 Å². The summed E-state index contributed by atoms with van der Waals surface area (Å²) in [7, 11) is 1.55. The van der Waals surface area contributed by atoms with Gasteiger partial charge in [-0.3, -0.25) is 0 Å². The lowest BCUT2D eigenvalue weighted by atomic mass is 10.2. The molecule has 2 N–H and O–H groups in total. The van der Waals surface area contributed by atoms with Crippen LogP contribution < -0.4 is 4.74 Å². The molecular weight excluding hydrogens is 288 g/mol. The van der Waals surface area contributed by atoms with Crippen molar-refractivity contribution < 1.29 is 14.6 Å². The van der Waals surface area contributed by atoms with Crippen LogP contribution in [0.1, 0.15) is 10.4 Å². The maximum atomic E-state index is 11.3. The average molecular weight is 300 g/mol. The molecule has 0 aliphatic carbocycles. The minimum absolute atomic E-state index is 0.223. The molecule has 0 atom stereocenters. The number of rotatable bonds is 4. The van der Waals surface area contributed by atoms with Crippen LogP contribution in [0.5, 0.6) is 5.75 Å². The van der Waals surface area contributed by atoms with Crippen LogP contribution in [0.2, 0.25) is 0 Å². The number of aromatic carboxylic acids is 1. The van der Waals surface area contributed by atoms with Gasteiger partial charge in [0.05, 0.1) is 23.7 Å². The largest absolute Gasteiger partial charge is 0.497 e. The lowest BCUT2D eigenvalue weighted by Gasteiger charge is -2.06. The first kappa shape index (κ1) is 13.5. The van der Waals surface area contributed by atoms with Gasteiger partial charge in [-0.25, -0.2) is 9.78 Å². The fourth-order valence-corrected chi connectivity index (χ4v) is 2.93. The third-order valence-electron chi connectivity index (χ3n) is 2.99. The predicted molar refractivity (Wildman–Crippen MR) is 80.2 cm³/mol. The number of methoxy groups -OCH3 is 1. The van der Waals surface area contributed by atoms with Gasteiger partial charge in [-0.05, 0) is 30.3 Å². The Kier molecular flexibility index (Phi) is 3.53. The number of hydrogen-bond donors (Lipinski definition) is 2. The normalized spacial score (nSPS) is 10.7. The van der Waals surface area contributed by atoms with Gasteiger partial charge in [0.2, 0.25) is 0 Å². The molecule has 0 fully saturated rings. The summed E-state index contributed by atoms with van der Waals surface area (Å²) in [5.74, 6) is -0.366. The van der Waals surface area contributed by atoms with Crippen LogP contribution in [-0.2, 0) is 0 Å². The lowest BCUT2D eigenvalue weighted by molar-refractivity contribution is 0.0693. The van der Waals surface area contributed by atoms with Crippen molar-refractivity contribution in [1.29, 1.82) is 0 Å². The Bertz CT molecular complexity index is 781. The van der Waals surface area contributed by atoms with Crippen LogP contribution >= 0.6 is 11.8 Å². The first-order valence-electron chi connectivity index (χ1n) is 6.21. The molecule has 2 aromatic carbocycles. The number of benzene rings is 2. The van der Waals surface area contributed by atoms with Gasteiger partial charge in [0.25, 0.3) is 0 Å². The maximum Gasteiger partial charge on any atom is 0.336 e. The number of carboxylic acid groups (broad SMARTS) is 1. The van der Waals surface area contributed by atoms with Crippen LogP contribution in [0.25, 0.3) is 11.0 Å². The molecule has 0 bridgehead atoms. The zero-order valence-corrected chi connectivity index (χ0v) is 12.0. The van der Waals surface area contributed by atoms with Gasteiger partial charge in [0.1, 0.15) is 5.75 Å². The van der Waals surface area contributed by atoms with Gasteiger partial charge in [0, 0.05) is 4.90 Å². The summed E-state index contributed by atoms with van der Waals surface area (Å²) >= 11 is 1.27. The molecule has 3 aromatic rings.